The third kappa shape index (κ3) is 2.54. The molecule has 1 aliphatic rings. The third-order valence-corrected chi connectivity index (χ3v) is 3.92. The molecule has 3 heteroatoms. The zero-order chi connectivity index (χ0) is 13.9. The second-order valence-electron chi connectivity index (χ2n) is 5.34. The molecule has 0 bridgehead atoms. The van der Waals surface area contributed by atoms with Gasteiger partial charge < -0.3 is 10.1 Å². The molecule has 1 amide bonds. The molecule has 104 valence electrons. The molecule has 1 aliphatic heterocycles. The van der Waals surface area contributed by atoms with Crippen LogP contribution in [0, 0.1) is 0 Å². The van der Waals surface area contributed by atoms with Crippen LogP contribution < -0.4 is 5.32 Å². The highest BCUT2D eigenvalue weighted by molar-refractivity contribution is 6.07. The molecule has 1 heterocycles. The highest BCUT2D eigenvalue weighted by Crippen LogP contribution is 2.20. The van der Waals surface area contributed by atoms with Gasteiger partial charge >= 0.3 is 0 Å². The summed E-state index contributed by atoms with van der Waals surface area (Å²) in [6.07, 6.45) is 2.25. The Morgan fingerprint density at radius 1 is 1.25 bits per heavy atom. The Morgan fingerprint density at radius 3 is 2.85 bits per heavy atom. The average Bonchev–Trinajstić information content (AvgIpc) is 3.01. The Kier molecular flexibility index (Phi) is 3.70. The third-order valence-electron chi connectivity index (χ3n) is 3.92. The summed E-state index contributed by atoms with van der Waals surface area (Å²) in [5, 5.41) is 5.15. The Morgan fingerprint density at radius 2 is 2.05 bits per heavy atom. The number of carbonyl (C=O) groups excluding carboxylic acids is 1. The van der Waals surface area contributed by atoms with E-state index in [1.54, 1.807) is 0 Å². The molecule has 0 radical (unpaired) electrons. The number of hydrogen-bond acceptors (Lipinski definition) is 2. The second kappa shape index (κ2) is 5.63. The summed E-state index contributed by atoms with van der Waals surface area (Å²) in [4.78, 5) is 12.5. The maximum Gasteiger partial charge on any atom is 0.252 e. The van der Waals surface area contributed by atoms with Crippen LogP contribution in [0.2, 0.25) is 0 Å². The van der Waals surface area contributed by atoms with E-state index in [1.807, 2.05) is 49.4 Å². The summed E-state index contributed by atoms with van der Waals surface area (Å²) >= 11 is 0. The van der Waals surface area contributed by atoms with Crippen LogP contribution in [0.3, 0.4) is 0 Å². The van der Waals surface area contributed by atoms with Gasteiger partial charge in [-0.3, -0.25) is 4.79 Å². The smallest absolute Gasteiger partial charge is 0.252 e. The predicted molar refractivity (Wildman–Crippen MR) is 79.9 cm³/mol. The molecular formula is C17H19NO2. The van der Waals surface area contributed by atoms with Crippen molar-refractivity contribution in [2.75, 3.05) is 6.61 Å². The number of carbonyl (C=O) groups is 1. The molecule has 2 aromatic rings. The lowest BCUT2D eigenvalue weighted by molar-refractivity contribution is 0.0713. The van der Waals surface area contributed by atoms with E-state index in [4.69, 9.17) is 4.74 Å². The first kappa shape index (κ1) is 13.1. The van der Waals surface area contributed by atoms with Gasteiger partial charge in [-0.25, -0.2) is 0 Å². The number of rotatable bonds is 3. The summed E-state index contributed by atoms with van der Waals surface area (Å²) < 4.78 is 5.62. The van der Waals surface area contributed by atoms with Gasteiger partial charge in [0.1, 0.15) is 0 Å². The summed E-state index contributed by atoms with van der Waals surface area (Å²) in [5.74, 6) is -0.0233. The molecule has 3 rings (SSSR count). The van der Waals surface area contributed by atoms with E-state index in [0.717, 1.165) is 35.8 Å². The van der Waals surface area contributed by atoms with Gasteiger partial charge in [-0.05, 0) is 36.6 Å². The number of benzene rings is 2. The van der Waals surface area contributed by atoms with Crippen molar-refractivity contribution in [2.45, 2.75) is 31.9 Å². The molecule has 2 unspecified atom stereocenters. The van der Waals surface area contributed by atoms with Crippen LogP contribution in [0.15, 0.2) is 42.5 Å². The quantitative estimate of drug-likeness (QED) is 0.929. The molecule has 20 heavy (non-hydrogen) atoms. The Hall–Kier alpha value is -1.87. The lowest BCUT2D eigenvalue weighted by Crippen LogP contribution is -2.40. The second-order valence-corrected chi connectivity index (χ2v) is 5.34. The molecule has 0 aromatic heterocycles. The van der Waals surface area contributed by atoms with Gasteiger partial charge in [-0.1, -0.05) is 36.4 Å². The van der Waals surface area contributed by atoms with E-state index >= 15 is 0 Å². The average molecular weight is 269 g/mol. The van der Waals surface area contributed by atoms with Crippen molar-refractivity contribution >= 4 is 16.7 Å². The van der Waals surface area contributed by atoms with Gasteiger partial charge in [0.15, 0.2) is 0 Å². The molecule has 1 saturated heterocycles. The largest absolute Gasteiger partial charge is 0.376 e. The fraction of sp³-hybridized carbons (Fsp3) is 0.353. The van der Waals surface area contributed by atoms with Crippen LogP contribution in [-0.2, 0) is 4.74 Å². The standard InChI is InChI=1S/C17H19NO2/c1-12(16-10-5-11-20-16)18-17(19)15-9-4-7-13-6-2-3-8-14(13)15/h2-4,6-9,12,16H,5,10-11H2,1H3,(H,18,19). The zero-order valence-corrected chi connectivity index (χ0v) is 11.6. The zero-order valence-electron chi connectivity index (χ0n) is 11.6. The van der Waals surface area contributed by atoms with E-state index in [0.29, 0.717) is 0 Å². The van der Waals surface area contributed by atoms with Crippen molar-refractivity contribution in [3.8, 4) is 0 Å². The fourth-order valence-electron chi connectivity index (χ4n) is 2.80. The number of nitrogens with one attached hydrogen (secondary N) is 1. The fourth-order valence-corrected chi connectivity index (χ4v) is 2.80. The molecule has 1 N–H and O–H groups in total. The number of hydrogen-bond donors (Lipinski definition) is 1. The molecule has 3 nitrogen and oxygen atoms in total. The van der Waals surface area contributed by atoms with Crippen molar-refractivity contribution in [1.29, 1.82) is 0 Å². The summed E-state index contributed by atoms with van der Waals surface area (Å²) in [6, 6.07) is 13.8. The summed E-state index contributed by atoms with van der Waals surface area (Å²) in [5.41, 5.74) is 0.730. The first-order valence-corrected chi connectivity index (χ1v) is 7.16. The minimum Gasteiger partial charge on any atom is -0.376 e. The SMILES string of the molecule is CC(NC(=O)c1cccc2ccccc12)C1CCCO1. The topological polar surface area (TPSA) is 38.3 Å². The van der Waals surface area contributed by atoms with Crippen molar-refractivity contribution in [3.63, 3.8) is 0 Å². The van der Waals surface area contributed by atoms with Gasteiger partial charge in [0.2, 0.25) is 0 Å². The minimum atomic E-state index is -0.0233. The Balaban J connectivity index is 1.81. The lowest BCUT2D eigenvalue weighted by atomic mass is 10.0. The van der Waals surface area contributed by atoms with Gasteiger partial charge in [-0.15, -0.1) is 0 Å². The van der Waals surface area contributed by atoms with Gasteiger partial charge in [-0.2, -0.15) is 0 Å². The molecule has 2 atom stereocenters. The minimum absolute atomic E-state index is 0.0233. The van der Waals surface area contributed by atoms with Gasteiger partial charge in [0.25, 0.3) is 5.91 Å². The van der Waals surface area contributed by atoms with Crippen molar-refractivity contribution in [1.82, 2.24) is 5.32 Å². The van der Waals surface area contributed by atoms with Crippen molar-refractivity contribution in [2.24, 2.45) is 0 Å². The summed E-state index contributed by atoms with van der Waals surface area (Å²) in [6.45, 7) is 2.82. The summed E-state index contributed by atoms with van der Waals surface area (Å²) in [7, 11) is 0. The number of amides is 1. The highest BCUT2D eigenvalue weighted by atomic mass is 16.5. The maximum absolute atomic E-state index is 12.5. The van der Waals surface area contributed by atoms with E-state index in [9.17, 15) is 4.79 Å². The molecule has 0 saturated carbocycles. The van der Waals surface area contributed by atoms with E-state index in [-0.39, 0.29) is 18.1 Å². The Bertz CT molecular complexity index is 612. The number of ether oxygens (including phenoxy) is 1. The van der Waals surface area contributed by atoms with E-state index in [2.05, 4.69) is 5.32 Å². The molecule has 0 spiro atoms. The number of fused-ring (bicyclic) bond motifs is 1. The first-order chi connectivity index (χ1) is 9.75. The molecule has 2 aromatic carbocycles. The Labute approximate surface area is 118 Å². The van der Waals surface area contributed by atoms with Crippen molar-refractivity contribution in [3.05, 3.63) is 48.0 Å². The maximum atomic E-state index is 12.5. The van der Waals surface area contributed by atoms with Crippen LogP contribution in [0.25, 0.3) is 10.8 Å². The van der Waals surface area contributed by atoms with Crippen LogP contribution in [-0.4, -0.2) is 24.7 Å². The van der Waals surface area contributed by atoms with Crippen LogP contribution in [0.1, 0.15) is 30.1 Å². The normalized spacial score (nSPS) is 19.9. The van der Waals surface area contributed by atoms with Crippen molar-refractivity contribution < 1.29 is 9.53 Å². The van der Waals surface area contributed by atoms with Crippen LogP contribution in [0.4, 0.5) is 0 Å². The predicted octanol–water partition coefficient (Wildman–Crippen LogP) is 3.14. The van der Waals surface area contributed by atoms with Gasteiger partial charge in [0.05, 0.1) is 12.1 Å². The molecule has 0 aliphatic carbocycles. The molecule has 1 fully saturated rings. The monoisotopic (exact) mass is 269 g/mol. The van der Waals surface area contributed by atoms with Crippen LogP contribution in [0.5, 0.6) is 0 Å². The molecular weight excluding hydrogens is 250 g/mol. The highest BCUT2D eigenvalue weighted by Gasteiger charge is 2.24. The first-order valence-electron chi connectivity index (χ1n) is 7.16. The van der Waals surface area contributed by atoms with E-state index < -0.39 is 0 Å². The van der Waals surface area contributed by atoms with E-state index in [1.165, 1.54) is 0 Å². The lowest BCUT2D eigenvalue weighted by Gasteiger charge is -2.20. The van der Waals surface area contributed by atoms with Gasteiger partial charge in [0, 0.05) is 12.2 Å². The van der Waals surface area contributed by atoms with Crippen LogP contribution >= 0.6 is 0 Å².